The van der Waals surface area contributed by atoms with Crippen LogP contribution in [0.3, 0.4) is 0 Å². The summed E-state index contributed by atoms with van der Waals surface area (Å²) >= 11 is 3.34. The number of thiazole rings is 1. The highest BCUT2D eigenvalue weighted by molar-refractivity contribution is 7.13. The minimum Gasteiger partial charge on any atom is -0.331 e. The molecule has 7 heteroatoms. The van der Waals surface area contributed by atoms with Crippen molar-refractivity contribution >= 4 is 22.7 Å². The summed E-state index contributed by atoms with van der Waals surface area (Å²) < 4.78 is 2.14. The molecule has 0 aliphatic heterocycles. The van der Waals surface area contributed by atoms with Gasteiger partial charge in [0.2, 0.25) is 0 Å². The summed E-state index contributed by atoms with van der Waals surface area (Å²) in [5.41, 5.74) is 3.95. The Balaban J connectivity index is 1.54. The fourth-order valence-corrected chi connectivity index (χ4v) is 3.96. The number of aryl methyl sites for hydroxylation is 3. The van der Waals surface area contributed by atoms with Gasteiger partial charge in [-0.25, -0.2) is 19.9 Å². The molecule has 0 fully saturated rings. The lowest BCUT2D eigenvalue weighted by molar-refractivity contribution is 0.705. The topological polar surface area (TPSA) is 56.5 Å². The summed E-state index contributed by atoms with van der Waals surface area (Å²) in [6.07, 6.45) is 8.46. The van der Waals surface area contributed by atoms with Crippen molar-refractivity contribution < 1.29 is 0 Å². The van der Waals surface area contributed by atoms with Gasteiger partial charge in [0.05, 0.1) is 21.6 Å². The van der Waals surface area contributed by atoms with Crippen LogP contribution in [0.2, 0.25) is 0 Å². The first kappa shape index (κ1) is 15.2. The molecule has 24 heavy (non-hydrogen) atoms. The molecule has 4 aromatic rings. The number of imidazole rings is 1. The Bertz CT molecular complexity index is 922. The van der Waals surface area contributed by atoms with Gasteiger partial charge in [-0.05, 0) is 18.4 Å². The predicted molar refractivity (Wildman–Crippen MR) is 97.1 cm³/mol. The lowest BCUT2D eigenvalue weighted by atomic mass is 10.2. The summed E-state index contributed by atoms with van der Waals surface area (Å²) in [5.74, 6) is 1.65. The summed E-state index contributed by atoms with van der Waals surface area (Å²) in [4.78, 5) is 20.1. The van der Waals surface area contributed by atoms with E-state index in [1.807, 2.05) is 47.8 Å². The Morgan fingerprint density at radius 1 is 1.08 bits per heavy atom. The van der Waals surface area contributed by atoms with Crippen molar-refractivity contribution in [1.82, 2.24) is 24.5 Å². The standard InChI is InChI=1S/C17H15N5S2/c1-12-14(24-11-21-12)4-6-22-7-5-18-17(22)13-9-19-16(20-10-13)15-3-2-8-23-15/h2-3,5,7-11H,4,6H2,1H3. The maximum absolute atomic E-state index is 4.48. The van der Waals surface area contributed by atoms with E-state index < -0.39 is 0 Å². The third-order valence-corrected chi connectivity index (χ3v) is 5.65. The Hall–Kier alpha value is -2.38. The van der Waals surface area contributed by atoms with E-state index in [1.165, 1.54) is 4.88 Å². The molecule has 0 radical (unpaired) electrons. The van der Waals surface area contributed by atoms with E-state index in [0.29, 0.717) is 0 Å². The van der Waals surface area contributed by atoms with Crippen molar-refractivity contribution in [3.63, 3.8) is 0 Å². The molecular weight excluding hydrogens is 338 g/mol. The molecule has 0 atom stereocenters. The molecule has 0 amide bonds. The Morgan fingerprint density at radius 2 is 1.96 bits per heavy atom. The monoisotopic (exact) mass is 353 g/mol. The number of hydrogen-bond acceptors (Lipinski definition) is 6. The molecule has 0 aliphatic carbocycles. The zero-order valence-electron chi connectivity index (χ0n) is 13.1. The van der Waals surface area contributed by atoms with Crippen molar-refractivity contribution in [3.05, 3.63) is 58.4 Å². The third kappa shape index (κ3) is 3.00. The van der Waals surface area contributed by atoms with Crippen LogP contribution in [0.1, 0.15) is 10.6 Å². The van der Waals surface area contributed by atoms with Gasteiger partial charge in [0.25, 0.3) is 0 Å². The first-order valence-electron chi connectivity index (χ1n) is 7.57. The predicted octanol–water partition coefficient (Wildman–Crippen LogP) is 4.08. The smallest absolute Gasteiger partial charge is 0.169 e. The normalized spacial score (nSPS) is 11.0. The lowest BCUT2D eigenvalue weighted by Crippen LogP contribution is -2.03. The molecule has 0 unspecified atom stereocenters. The first-order chi connectivity index (χ1) is 11.8. The zero-order valence-corrected chi connectivity index (χ0v) is 14.7. The van der Waals surface area contributed by atoms with E-state index in [4.69, 9.17) is 0 Å². The highest BCUT2D eigenvalue weighted by atomic mass is 32.1. The lowest BCUT2D eigenvalue weighted by Gasteiger charge is -2.07. The van der Waals surface area contributed by atoms with E-state index in [2.05, 4.69) is 31.4 Å². The summed E-state index contributed by atoms with van der Waals surface area (Å²) in [6, 6.07) is 4.03. The number of nitrogens with zero attached hydrogens (tertiary/aromatic N) is 5. The van der Waals surface area contributed by atoms with Crippen molar-refractivity contribution in [3.8, 4) is 22.1 Å². The summed E-state index contributed by atoms with van der Waals surface area (Å²) in [6.45, 7) is 2.92. The van der Waals surface area contributed by atoms with Gasteiger partial charge in [0.1, 0.15) is 5.82 Å². The van der Waals surface area contributed by atoms with Crippen LogP contribution < -0.4 is 0 Å². The van der Waals surface area contributed by atoms with Crippen molar-refractivity contribution in [2.75, 3.05) is 0 Å². The van der Waals surface area contributed by atoms with Gasteiger partial charge in [0.15, 0.2) is 5.82 Å². The van der Waals surface area contributed by atoms with E-state index in [1.54, 1.807) is 22.7 Å². The van der Waals surface area contributed by atoms with Crippen LogP contribution in [-0.2, 0) is 13.0 Å². The van der Waals surface area contributed by atoms with Gasteiger partial charge in [-0.3, -0.25) is 0 Å². The fourth-order valence-electron chi connectivity index (χ4n) is 2.51. The molecule has 0 saturated heterocycles. The molecule has 4 heterocycles. The van der Waals surface area contributed by atoms with Crippen molar-refractivity contribution in [2.24, 2.45) is 0 Å². The van der Waals surface area contributed by atoms with E-state index in [9.17, 15) is 0 Å². The summed E-state index contributed by atoms with van der Waals surface area (Å²) in [5, 5.41) is 2.03. The maximum Gasteiger partial charge on any atom is 0.169 e. The van der Waals surface area contributed by atoms with Gasteiger partial charge >= 0.3 is 0 Å². The van der Waals surface area contributed by atoms with Gasteiger partial charge in [-0.2, -0.15) is 0 Å². The molecule has 0 aromatic carbocycles. The number of hydrogen-bond donors (Lipinski definition) is 0. The Kier molecular flexibility index (Phi) is 4.18. The molecular formula is C17H15N5S2. The molecule has 0 aliphatic rings. The first-order valence-corrected chi connectivity index (χ1v) is 9.33. The minimum atomic E-state index is 0.757. The molecule has 0 spiro atoms. The van der Waals surface area contributed by atoms with Crippen LogP contribution in [-0.4, -0.2) is 24.5 Å². The average molecular weight is 353 g/mol. The number of aromatic nitrogens is 5. The van der Waals surface area contributed by atoms with Crippen molar-refractivity contribution in [1.29, 1.82) is 0 Å². The SMILES string of the molecule is Cc1ncsc1CCn1ccnc1-c1cnc(-c2cccs2)nc1. The van der Waals surface area contributed by atoms with Gasteiger partial charge in [0, 0.05) is 42.6 Å². The van der Waals surface area contributed by atoms with Crippen LogP contribution in [0.4, 0.5) is 0 Å². The average Bonchev–Trinajstić information content (AvgIpc) is 3.35. The quantitative estimate of drug-likeness (QED) is 0.542. The van der Waals surface area contributed by atoms with E-state index in [0.717, 1.165) is 40.7 Å². The Morgan fingerprint density at radius 3 is 2.67 bits per heavy atom. The molecule has 0 bridgehead atoms. The van der Waals surface area contributed by atoms with Gasteiger partial charge < -0.3 is 4.57 Å². The second-order valence-electron chi connectivity index (χ2n) is 5.33. The zero-order chi connectivity index (χ0) is 16.4. The maximum atomic E-state index is 4.48. The number of rotatable bonds is 5. The molecule has 120 valence electrons. The van der Waals surface area contributed by atoms with Crippen LogP contribution in [0.5, 0.6) is 0 Å². The van der Waals surface area contributed by atoms with Gasteiger partial charge in [-0.1, -0.05) is 6.07 Å². The second-order valence-corrected chi connectivity index (χ2v) is 7.21. The van der Waals surface area contributed by atoms with Crippen LogP contribution in [0.15, 0.2) is 47.8 Å². The molecule has 0 N–H and O–H groups in total. The van der Waals surface area contributed by atoms with E-state index in [-0.39, 0.29) is 0 Å². The number of thiophene rings is 1. The second kappa shape index (κ2) is 6.62. The van der Waals surface area contributed by atoms with Gasteiger partial charge in [-0.15, -0.1) is 22.7 Å². The fraction of sp³-hybridized carbons (Fsp3) is 0.176. The van der Waals surface area contributed by atoms with Crippen LogP contribution >= 0.6 is 22.7 Å². The third-order valence-electron chi connectivity index (χ3n) is 3.79. The largest absolute Gasteiger partial charge is 0.331 e. The summed E-state index contributed by atoms with van der Waals surface area (Å²) in [7, 11) is 0. The van der Waals surface area contributed by atoms with Crippen LogP contribution in [0, 0.1) is 6.92 Å². The highest BCUT2D eigenvalue weighted by Crippen LogP contribution is 2.23. The highest BCUT2D eigenvalue weighted by Gasteiger charge is 2.10. The van der Waals surface area contributed by atoms with E-state index >= 15 is 0 Å². The molecule has 4 aromatic heterocycles. The van der Waals surface area contributed by atoms with Crippen LogP contribution in [0.25, 0.3) is 22.1 Å². The molecule has 5 nitrogen and oxygen atoms in total. The minimum absolute atomic E-state index is 0.757. The molecule has 4 rings (SSSR count). The van der Waals surface area contributed by atoms with Crippen molar-refractivity contribution in [2.45, 2.75) is 19.9 Å². The molecule has 0 saturated carbocycles. The Labute approximate surface area is 147 Å².